The van der Waals surface area contributed by atoms with E-state index in [-0.39, 0.29) is 24.6 Å². The molecule has 8 nitrogen and oxygen atoms in total. The minimum absolute atomic E-state index is 0.0803. The molecule has 0 fully saturated rings. The van der Waals surface area contributed by atoms with Crippen molar-refractivity contribution in [3.05, 3.63) is 82.1 Å². The SMILES string of the molecule is CCCC=O.CNc1cccc(Cn2nc(-c3ccc(C(=O)N(C)CCO)cc3)ccc2=O)c1. The average Bonchev–Trinajstić information content (AvgIpc) is 2.86. The molecule has 0 saturated heterocycles. The smallest absolute Gasteiger partial charge is 0.267 e. The van der Waals surface area contributed by atoms with Crippen LogP contribution in [-0.2, 0) is 11.3 Å². The van der Waals surface area contributed by atoms with Crippen LogP contribution in [0.2, 0.25) is 0 Å². The lowest BCUT2D eigenvalue weighted by Crippen LogP contribution is -2.29. The molecule has 1 heterocycles. The molecule has 0 radical (unpaired) electrons. The minimum Gasteiger partial charge on any atom is -0.395 e. The molecule has 2 N–H and O–H groups in total. The average molecular weight is 465 g/mol. The predicted molar refractivity (Wildman–Crippen MR) is 134 cm³/mol. The zero-order valence-electron chi connectivity index (χ0n) is 19.9. The quantitative estimate of drug-likeness (QED) is 0.472. The van der Waals surface area contributed by atoms with Gasteiger partial charge < -0.3 is 20.1 Å². The number of unbranched alkanes of at least 4 members (excludes halogenated alkanes) is 1. The molecular weight excluding hydrogens is 432 g/mol. The number of likely N-dealkylation sites (N-methyl/N-ethyl adjacent to an activating group) is 1. The van der Waals surface area contributed by atoms with Crippen LogP contribution in [0.25, 0.3) is 11.3 Å². The molecule has 2 aromatic carbocycles. The summed E-state index contributed by atoms with van der Waals surface area (Å²) in [7, 11) is 3.49. The zero-order chi connectivity index (χ0) is 24.9. The van der Waals surface area contributed by atoms with Crippen LogP contribution in [0, 0.1) is 0 Å². The number of nitrogens with zero attached hydrogens (tertiary/aromatic N) is 3. The van der Waals surface area contributed by atoms with Crippen molar-refractivity contribution in [3.63, 3.8) is 0 Å². The fourth-order valence-electron chi connectivity index (χ4n) is 3.09. The summed E-state index contributed by atoms with van der Waals surface area (Å²) < 4.78 is 1.43. The molecule has 0 bridgehead atoms. The maximum absolute atomic E-state index is 12.3. The molecule has 0 aliphatic heterocycles. The number of benzene rings is 2. The Morgan fingerprint density at radius 1 is 1.15 bits per heavy atom. The lowest BCUT2D eigenvalue weighted by molar-refractivity contribution is -0.107. The van der Waals surface area contributed by atoms with Crippen LogP contribution in [-0.4, -0.2) is 59.2 Å². The van der Waals surface area contributed by atoms with E-state index in [4.69, 9.17) is 5.11 Å². The lowest BCUT2D eigenvalue weighted by Gasteiger charge is -2.15. The number of hydrogen-bond donors (Lipinski definition) is 2. The van der Waals surface area contributed by atoms with Gasteiger partial charge in [0, 0.05) is 49.9 Å². The summed E-state index contributed by atoms with van der Waals surface area (Å²) in [5.74, 6) is -0.159. The molecule has 3 rings (SSSR count). The van der Waals surface area contributed by atoms with E-state index in [1.54, 1.807) is 37.4 Å². The van der Waals surface area contributed by atoms with Crippen LogP contribution in [0.5, 0.6) is 0 Å². The van der Waals surface area contributed by atoms with Gasteiger partial charge >= 0.3 is 0 Å². The van der Waals surface area contributed by atoms with E-state index >= 15 is 0 Å². The number of anilines is 1. The third-order valence-electron chi connectivity index (χ3n) is 5.03. The summed E-state index contributed by atoms with van der Waals surface area (Å²) in [5.41, 5.74) is 3.75. The molecule has 3 aromatic rings. The summed E-state index contributed by atoms with van der Waals surface area (Å²) in [6, 6.07) is 18.0. The van der Waals surface area contributed by atoms with Crippen molar-refractivity contribution >= 4 is 17.9 Å². The van der Waals surface area contributed by atoms with E-state index < -0.39 is 0 Å². The minimum atomic E-state index is -0.180. The fraction of sp³-hybridized carbons (Fsp3) is 0.308. The van der Waals surface area contributed by atoms with Crippen LogP contribution in [0.1, 0.15) is 35.7 Å². The van der Waals surface area contributed by atoms with Crippen molar-refractivity contribution in [3.8, 4) is 11.3 Å². The Bertz CT molecular complexity index is 1130. The first-order chi connectivity index (χ1) is 16.4. The number of aromatic nitrogens is 2. The Kier molecular flexibility index (Phi) is 10.7. The van der Waals surface area contributed by atoms with E-state index in [0.29, 0.717) is 24.2 Å². The zero-order valence-corrected chi connectivity index (χ0v) is 19.9. The van der Waals surface area contributed by atoms with Crippen molar-refractivity contribution in [2.45, 2.75) is 26.3 Å². The van der Waals surface area contributed by atoms with Gasteiger partial charge in [-0.2, -0.15) is 5.10 Å². The van der Waals surface area contributed by atoms with E-state index in [9.17, 15) is 14.4 Å². The molecule has 0 aliphatic carbocycles. The number of aliphatic hydroxyl groups excluding tert-OH is 1. The molecule has 0 spiro atoms. The largest absolute Gasteiger partial charge is 0.395 e. The number of nitrogens with one attached hydrogen (secondary N) is 1. The first kappa shape index (κ1) is 26.5. The number of rotatable bonds is 9. The summed E-state index contributed by atoms with van der Waals surface area (Å²) in [6.45, 7) is 2.55. The summed E-state index contributed by atoms with van der Waals surface area (Å²) in [6.07, 6.45) is 2.61. The van der Waals surface area contributed by atoms with Crippen LogP contribution < -0.4 is 10.9 Å². The number of amides is 1. The highest BCUT2D eigenvalue weighted by molar-refractivity contribution is 5.94. The van der Waals surface area contributed by atoms with Crippen molar-refractivity contribution < 1.29 is 14.7 Å². The third kappa shape index (κ3) is 7.67. The molecule has 180 valence electrons. The summed E-state index contributed by atoms with van der Waals surface area (Å²) in [4.78, 5) is 35.4. The summed E-state index contributed by atoms with van der Waals surface area (Å²) >= 11 is 0. The van der Waals surface area contributed by atoms with Gasteiger partial charge in [-0.05, 0) is 42.3 Å². The van der Waals surface area contributed by atoms with Gasteiger partial charge in [-0.25, -0.2) is 4.68 Å². The second-order valence-electron chi connectivity index (χ2n) is 7.65. The number of carbonyl (C=O) groups is 2. The van der Waals surface area contributed by atoms with E-state index in [1.165, 1.54) is 15.6 Å². The third-order valence-corrected chi connectivity index (χ3v) is 5.03. The first-order valence-corrected chi connectivity index (χ1v) is 11.2. The van der Waals surface area contributed by atoms with Gasteiger partial charge in [0.15, 0.2) is 0 Å². The Morgan fingerprint density at radius 3 is 2.47 bits per heavy atom. The molecule has 1 amide bonds. The van der Waals surface area contributed by atoms with Crippen molar-refractivity contribution in [1.29, 1.82) is 0 Å². The van der Waals surface area contributed by atoms with E-state index in [0.717, 1.165) is 29.5 Å². The van der Waals surface area contributed by atoms with Crippen molar-refractivity contribution in [2.24, 2.45) is 0 Å². The topological polar surface area (TPSA) is 105 Å². The molecule has 0 aliphatic rings. The Balaban J connectivity index is 0.000000739. The molecule has 0 unspecified atom stereocenters. The van der Waals surface area contributed by atoms with Gasteiger partial charge in [0.25, 0.3) is 11.5 Å². The highest BCUT2D eigenvalue weighted by Crippen LogP contribution is 2.17. The van der Waals surface area contributed by atoms with E-state index in [2.05, 4.69) is 10.4 Å². The number of carbonyl (C=O) groups excluding carboxylic acids is 2. The lowest BCUT2D eigenvalue weighted by atomic mass is 10.1. The number of aliphatic hydroxyl groups is 1. The monoisotopic (exact) mass is 464 g/mol. The van der Waals surface area contributed by atoms with E-state index in [1.807, 2.05) is 38.2 Å². The number of hydrogen-bond acceptors (Lipinski definition) is 6. The maximum Gasteiger partial charge on any atom is 0.267 e. The standard InChI is InChI=1S/C22H24N4O3.C4H8O/c1-23-19-5-3-4-16(14-19)15-26-21(28)11-10-20(24-26)17-6-8-18(9-7-17)22(29)25(2)12-13-27;1-2-3-4-5/h3-11,14,23,27H,12-13,15H2,1-2H3;4H,2-3H2,1H3. The van der Waals surface area contributed by atoms with Crippen LogP contribution in [0.4, 0.5) is 5.69 Å². The van der Waals surface area contributed by atoms with Gasteiger partial charge in [0.1, 0.15) is 6.29 Å². The Labute approximate surface area is 199 Å². The van der Waals surface area contributed by atoms with Crippen LogP contribution >= 0.6 is 0 Å². The van der Waals surface area contributed by atoms with Crippen LogP contribution in [0.15, 0.2) is 65.5 Å². The molecule has 1 aromatic heterocycles. The molecule has 34 heavy (non-hydrogen) atoms. The highest BCUT2D eigenvalue weighted by Gasteiger charge is 2.12. The van der Waals surface area contributed by atoms with Gasteiger partial charge in [-0.3, -0.25) is 9.59 Å². The fourth-order valence-corrected chi connectivity index (χ4v) is 3.09. The van der Waals surface area contributed by atoms with Gasteiger partial charge in [-0.1, -0.05) is 31.2 Å². The van der Waals surface area contributed by atoms with Crippen LogP contribution in [0.3, 0.4) is 0 Å². The Hall–Kier alpha value is -3.78. The predicted octanol–water partition coefficient (Wildman–Crippen LogP) is 3.05. The van der Waals surface area contributed by atoms with Gasteiger partial charge in [0.05, 0.1) is 18.8 Å². The molecule has 0 saturated carbocycles. The molecular formula is C26H32N4O4. The van der Waals surface area contributed by atoms with Gasteiger partial charge in [0.2, 0.25) is 0 Å². The number of aldehydes is 1. The van der Waals surface area contributed by atoms with Crippen molar-refractivity contribution in [1.82, 2.24) is 14.7 Å². The molecule has 0 atom stereocenters. The first-order valence-electron chi connectivity index (χ1n) is 11.2. The normalized spacial score (nSPS) is 10.1. The van der Waals surface area contributed by atoms with Gasteiger partial charge in [-0.15, -0.1) is 0 Å². The highest BCUT2D eigenvalue weighted by atomic mass is 16.3. The summed E-state index contributed by atoms with van der Waals surface area (Å²) in [5, 5.41) is 16.5. The molecule has 8 heteroatoms. The van der Waals surface area contributed by atoms with Crippen molar-refractivity contribution in [2.75, 3.05) is 32.6 Å². The maximum atomic E-state index is 12.3. The Morgan fingerprint density at radius 2 is 1.88 bits per heavy atom. The second kappa shape index (κ2) is 13.7. The second-order valence-corrected chi connectivity index (χ2v) is 7.65.